The summed E-state index contributed by atoms with van der Waals surface area (Å²) in [7, 11) is 0. The molecule has 18 heavy (non-hydrogen) atoms. The van der Waals surface area contributed by atoms with E-state index in [2.05, 4.69) is 46.7 Å². The van der Waals surface area contributed by atoms with Crippen LogP contribution in [0.3, 0.4) is 0 Å². The van der Waals surface area contributed by atoms with Crippen molar-refractivity contribution in [2.24, 2.45) is 0 Å². The molecule has 1 aromatic carbocycles. The van der Waals surface area contributed by atoms with Crippen molar-refractivity contribution < 1.29 is 0 Å². The number of nitrogens with zero attached hydrogens (tertiary/aromatic N) is 2. The number of unbranched alkanes of at least 4 members (excludes halogenated alkanes) is 1. The van der Waals surface area contributed by atoms with Crippen LogP contribution in [0.1, 0.15) is 18.4 Å². The molecular weight excluding hydrogens is 220 g/mol. The van der Waals surface area contributed by atoms with E-state index < -0.39 is 0 Å². The van der Waals surface area contributed by atoms with Crippen LogP contribution in [0.5, 0.6) is 0 Å². The third kappa shape index (κ3) is 4.28. The summed E-state index contributed by atoms with van der Waals surface area (Å²) in [6.07, 6.45) is 4.41. The first kappa shape index (κ1) is 13.3. The molecule has 0 radical (unpaired) electrons. The van der Waals surface area contributed by atoms with E-state index in [0.717, 1.165) is 13.0 Å². The molecule has 0 saturated carbocycles. The van der Waals surface area contributed by atoms with Crippen LogP contribution in [0, 0.1) is 0 Å². The van der Waals surface area contributed by atoms with Gasteiger partial charge < -0.3 is 4.90 Å². The van der Waals surface area contributed by atoms with E-state index in [9.17, 15) is 0 Å². The first-order chi connectivity index (χ1) is 8.88. The minimum Gasteiger partial charge on any atom is -0.301 e. The zero-order chi connectivity index (χ0) is 12.6. The second-order valence-electron chi connectivity index (χ2n) is 5.03. The molecule has 2 heteroatoms. The quantitative estimate of drug-likeness (QED) is 0.561. The van der Waals surface area contributed by atoms with E-state index in [1.807, 2.05) is 6.08 Å². The first-order valence-electron chi connectivity index (χ1n) is 6.98. The van der Waals surface area contributed by atoms with Crippen LogP contribution in [-0.2, 0) is 6.54 Å². The van der Waals surface area contributed by atoms with Crippen molar-refractivity contribution in [3.05, 3.63) is 48.6 Å². The summed E-state index contributed by atoms with van der Waals surface area (Å²) in [4.78, 5) is 5.13. The molecule has 1 aliphatic heterocycles. The Balaban J connectivity index is 1.68. The average Bonchev–Trinajstić information content (AvgIpc) is 2.42. The van der Waals surface area contributed by atoms with Crippen molar-refractivity contribution in [1.82, 2.24) is 9.80 Å². The standard InChI is InChI=1S/C16H24N2/c1-2-3-7-10-17-11-13-18(14-12-17)15-16-8-5-4-6-9-16/h2,4-6,8-9H,1,3,7,10-15H2. The molecule has 1 heterocycles. The van der Waals surface area contributed by atoms with Crippen LogP contribution in [0.25, 0.3) is 0 Å². The van der Waals surface area contributed by atoms with Gasteiger partial charge in [0.05, 0.1) is 0 Å². The lowest BCUT2D eigenvalue weighted by Crippen LogP contribution is -2.46. The number of allylic oxidation sites excluding steroid dienone is 1. The Kier molecular flexibility index (Phi) is 5.43. The van der Waals surface area contributed by atoms with Crippen molar-refractivity contribution in [1.29, 1.82) is 0 Å². The molecule has 0 N–H and O–H groups in total. The SMILES string of the molecule is C=CCCCN1CCN(Cc2ccccc2)CC1. The number of piperazine rings is 1. The van der Waals surface area contributed by atoms with E-state index in [1.54, 1.807) is 0 Å². The van der Waals surface area contributed by atoms with Crippen molar-refractivity contribution in [3.8, 4) is 0 Å². The molecule has 0 aliphatic carbocycles. The molecule has 0 aromatic heterocycles. The summed E-state index contributed by atoms with van der Waals surface area (Å²) in [6, 6.07) is 10.8. The Morgan fingerprint density at radius 3 is 2.33 bits per heavy atom. The Labute approximate surface area is 111 Å². The highest BCUT2D eigenvalue weighted by molar-refractivity contribution is 5.14. The van der Waals surface area contributed by atoms with Crippen molar-refractivity contribution in [2.45, 2.75) is 19.4 Å². The zero-order valence-corrected chi connectivity index (χ0v) is 11.2. The van der Waals surface area contributed by atoms with Crippen LogP contribution in [0.4, 0.5) is 0 Å². The van der Waals surface area contributed by atoms with Crippen LogP contribution >= 0.6 is 0 Å². The van der Waals surface area contributed by atoms with E-state index in [-0.39, 0.29) is 0 Å². The predicted molar refractivity (Wildman–Crippen MR) is 77.6 cm³/mol. The maximum absolute atomic E-state index is 3.78. The summed E-state index contributed by atoms with van der Waals surface area (Å²) in [5.41, 5.74) is 1.43. The highest BCUT2D eigenvalue weighted by Crippen LogP contribution is 2.08. The smallest absolute Gasteiger partial charge is 0.0234 e. The lowest BCUT2D eigenvalue weighted by molar-refractivity contribution is 0.126. The average molecular weight is 244 g/mol. The highest BCUT2D eigenvalue weighted by atomic mass is 15.3. The van der Waals surface area contributed by atoms with Crippen LogP contribution in [0.15, 0.2) is 43.0 Å². The lowest BCUT2D eigenvalue weighted by Gasteiger charge is -2.34. The number of benzene rings is 1. The van der Waals surface area contributed by atoms with Gasteiger partial charge in [0.1, 0.15) is 0 Å². The van der Waals surface area contributed by atoms with Gasteiger partial charge in [-0.15, -0.1) is 6.58 Å². The van der Waals surface area contributed by atoms with Gasteiger partial charge in [0.15, 0.2) is 0 Å². The minimum atomic E-state index is 1.10. The van der Waals surface area contributed by atoms with Gasteiger partial charge in [0.25, 0.3) is 0 Å². The van der Waals surface area contributed by atoms with Crippen molar-refractivity contribution in [2.75, 3.05) is 32.7 Å². The number of rotatable bonds is 6. The van der Waals surface area contributed by atoms with E-state index >= 15 is 0 Å². The van der Waals surface area contributed by atoms with Gasteiger partial charge in [0.2, 0.25) is 0 Å². The normalized spacial score (nSPS) is 17.8. The molecule has 2 rings (SSSR count). The Morgan fingerprint density at radius 1 is 1.00 bits per heavy atom. The molecule has 1 saturated heterocycles. The molecule has 2 nitrogen and oxygen atoms in total. The summed E-state index contributed by atoms with van der Waals surface area (Å²) in [5.74, 6) is 0. The fourth-order valence-corrected chi connectivity index (χ4v) is 2.47. The van der Waals surface area contributed by atoms with Crippen LogP contribution < -0.4 is 0 Å². The predicted octanol–water partition coefficient (Wildman–Crippen LogP) is 2.77. The fraction of sp³-hybridized carbons (Fsp3) is 0.500. The number of hydrogen-bond acceptors (Lipinski definition) is 2. The maximum Gasteiger partial charge on any atom is 0.0234 e. The zero-order valence-electron chi connectivity index (χ0n) is 11.2. The number of hydrogen-bond donors (Lipinski definition) is 0. The Morgan fingerprint density at radius 2 is 1.67 bits per heavy atom. The maximum atomic E-state index is 3.78. The van der Waals surface area contributed by atoms with Crippen LogP contribution in [0.2, 0.25) is 0 Å². The summed E-state index contributed by atoms with van der Waals surface area (Å²) < 4.78 is 0. The van der Waals surface area contributed by atoms with Gasteiger partial charge in [-0.3, -0.25) is 4.90 Å². The van der Waals surface area contributed by atoms with Crippen molar-refractivity contribution in [3.63, 3.8) is 0 Å². The summed E-state index contributed by atoms with van der Waals surface area (Å²) in [5, 5.41) is 0. The monoisotopic (exact) mass is 244 g/mol. The van der Waals surface area contributed by atoms with E-state index in [0.29, 0.717) is 0 Å². The van der Waals surface area contributed by atoms with Crippen LogP contribution in [-0.4, -0.2) is 42.5 Å². The van der Waals surface area contributed by atoms with Gasteiger partial charge in [-0.2, -0.15) is 0 Å². The van der Waals surface area contributed by atoms with Gasteiger partial charge in [-0.05, 0) is 24.9 Å². The third-order valence-electron chi connectivity index (χ3n) is 3.60. The molecule has 1 fully saturated rings. The molecule has 1 aliphatic rings. The largest absolute Gasteiger partial charge is 0.301 e. The first-order valence-corrected chi connectivity index (χ1v) is 6.98. The molecule has 98 valence electrons. The molecule has 0 unspecified atom stereocenters. The fourth-order valence-electron chi connectivity index (χ4n) is 2.47. The van der Waals surface area contributed by atoms with E-state index in [4.69, 9.17) is 0 Å². The Hall–Kier alpha value is -1.12. The molecule has 0 atom stereocenters. The Bertz CT molecular complexity index is 339. The lowest BCUT2D eigenvalue weighted by atomic mass is 10.2. The summed E-state index contributed by atoms with van der Waals surface area (Å²) in [6.45, 7) is 10.9. The summed E-state index contributed by atoms with van der Waals surface area (Å²) >= 11 is 0. The molecule has 0 bridgehead atoms. The second-order valence-corrected chi connectivity index (χ2v) is 5.03. The van der Waals surface area contributed by atoms with Crippen molar-refractivity contribution >= 4 is 0 Å². The highest BCUT2D eigenvalue weighted by Gasteiger charge is 2.15. The van der Waals surface area contributed by atoms with E-state index in [1.165, 1.54) is 44.7 Å². The molecule has 0 spiro atoms. The molecule has 0 amide bonds. The van der Waals surface area contributed by atoms with Gasteiger partial charge in [-0.25, -0.2) is 0 Å². The second kappa shape index (κ2) is 7.34. The topological polar surface area (TPSA) is 6.48 Å². The van der Waals surface area contributed by atoms with Gasteiger partial charge >= 0.3 is 0 Å². The minimum absolute atomic E-state index is 1.10. The molecule has 1 aromatic rings. The third-order valence-corrected chi connectivity index (χ3v) is 3.60. The van der Waals surface area contributed by atoms with Gasteiger partial charge in [-0.1, -0.05) is 36.4 Å². The van der Waals surface area contributed by atoms with Gasteiger partial charge in [0, 0.05) is 32.7 Å². The molecular formula is C16H24N2.